The van der Waals surface area contributed by atoms with Crippen LogP contribution in [0.25, 0.3) is 0 Å². The predicted molar refractivity (Wildman–Crippen MR) is 85.5 cm³/mol. The van der Waals surface area contributed by atoms with Gasteiger partial charge in [-0.3, -0.25) is 4.79 Å². The molecule has 0 aliphatic carbocycles. The summed E-state index contributed by atoms with van der Waals surface area (Å²) >= 11 is 0. The van der Waals surface area contributed by atoms with Crippen LogP contribution in [0.4, 0.5) is 0 Å². The largest absolute Gasteiger partial charge is 0.340 e. The van der Waals surface area contributed by atoms with E-state index in [1.165, 1.54) is 17.0 Å². The number of nitrogens with zero attached hydrogens (tertiary/aromatic N) is 2. The molecule has 124 valence electrons. The van der Waals surface area contributed by atoms with Crippen LogP contribution in [0.5, 0.6) is 0 Å². The standard InChI is InChI=1S/C15H30N2O3S/c1-5-14-8-6-7-10-17(14)15(18)9-11-16(12-13(2)3)21(4,19)20/h13-14H,5-12H2,1-4H3. The lowest BCUT2D eigenvalue weighted by atomic mass is 9.99. The van der Waals surface area contributed by atoms with E-state index in [4.69, 9.17) is 0 Å². The Hall–Kier alpha value is -0.620. The van der Waals surface area contributed by atoms with Crippen LogP contribution in [0, 0.1) is 5.92 Å². The summed E-state index contributed by atoms with van der Waals surface area (Å²) in [7, 11) is -3.24. The normalized spacial score (nSPS) is 20.3. The molecule has 0 saturated carbocycles. The predicted octanol–water partition coefficient (Wildman–Crippen LogP) is 2.09. The number of hydrogen-bond donors (Lipinski definition) is 0. The molecule has 0 aromatic carbocycles. The van der Waals surface area contributed by atoms with Crippen LogP contribution < -0.4 is 0 Å². The van der Waals surface area contributed by atoms with Crippen molar-refractivity contribution in [2.75, 3.05) is 25.9 Å². The van der Waals surface area contributed by atoms with Crippen LogP contribution in [0.1, 0.15) is 52.9 Å². The van der Waals surface area contributed by atoms with Crippen molar-refractivity contribution in [2.45, 2.75) is 58.9 Å². The summed E-state index contributed by atoms with van der Waals surface area (Å²) in [5, 5.41) is 0. The molecule has 1 aliphatic rings. The average molecular weight is 318 g/mol. The smallest absolute Gasteiger partial charge is 0.224 e. The van der Waals surface area contributed by atoms with E-state index in [0.29, 0.717) is 19.1 Å². The SMILES string of the molecule is CCC1CCCCN1C(=O)CCN(CC(C)C)S(C)(=O)=O. The number of carbonyl (C=O) groups excluding carboxylic acids is 1. The molecule has 1 atom stereocenters. The summed E-state index contributed by atoms with van der Waals surface area (Å²) in [5.41, 5.74) is 0. The topological polar surface area (TPSA) is 57.7 Å². The summed E-state index contributed by atoms with van der Waals surface area (Å²) in [6.07, 6.45) is 5.80. The Labute approximate surface area is 129 Å². The number of amides is 1. The van der Waals surface area contributed by atoms with Crippen LogP contribution in [0.15, 0.2) is 0 Å². The molecule has 21 heavy (non-hydrogen) atoms. The van der Waals surface area contributed by atoms with Gasteiger partial charge in [0.25, 0.3) is 0 Å². The molecule has 0 spiro atoms. The number of sulfonamides is 1. The second-order valence-electron chi connectivity index (χ2n) is 6.41. The Morgan fingerprint density at radius 2 is 2.00 bits per heavy atom. The van der Waals surface area contributed by atoms with Crippen molar-refractivity contribution in [3.8, 4) is 0 Å². The highest BCUT2D eigenvalue weighted by Gasteiger charge is 2.26. The van der Waals surface area contributed by atoms with E-state index in [1.54, 1.807) is 0 Å². The van der Waals surface area contributed by atoms with Crippen molar-refractivity contribution >= 4 is 15.9 Å². The lowest BCUT2D eigenvalue weighted by molar-refractivity contribution is -0.135. The van der Waals surface area contributed by atoms with E-state index >= 15 is 0 Å². The summed E-state index contributed by atoms with van der Waals surface area (Å²) < 4.78 is 25.0. The van der Waals surface area contributed by atoms with Crippen molar-refractivity contribution in [1.29, 1.82) is 0 Å². The van der Waals surface area contributed by atoms with E-state index in [9.17, 15) is 13.2 Å². The van der Waals surface area contributed by atoms with Crippen molar-refractivity contribution in [2.24, 2.45) is 5.92 Å². The van der Waals surface area contributed by atoms with Gasteiger partial charge in [0.15, 0.2) is 0 Å². The molecule has 1 amide bonds. The Balaban J connectivity index is 2.60. The second-order valence-corrected chi connectivity index (χ2v) is 8.39. The van der Waals surface area contributed by atoms with Gasteiger partial charge < -0.3 is 4.90 Å². The van der Waals surface area contributed by atoms with Crippen molar-refractivity contribution in [3.05, 3.63) is 0 Å². The third kappa shape index (κ3) is 5.94. The van der Waals surface area contributed by atoms with Crippen LogP contribution >= 0.6 is 0 Å². The van der Waals surface area contributed by atoms with E-state index in [1.807, 2.05) is 18.7 Å². The second kappa shape index (κ2) is 8.13. The van der Waals surface area contributed by atoms with Crippen LogP contribution in [0.3, 0.4) is 0 Å². The van der Waals surface area contributed by atoms with Crippen LogP contribution in [-0.2, 0) is 14.8 Å². The van der Waals surface area contributed by atoms with Crippen molar-refractivity contribution in [3.63, 3.8) is 0 Å². The zero-order valence-electron chi connectivity index (χ0n) is 13.8. The quantitative estimate of drug-likeness (QED) is 0.722. The molecule has 0 aromatic rings. The van der Waals surface area contributed by atoms with Gasteiger partial charge in [0.05, 0.1) is 6.26 Å². The Morgan fingerprint density at radius 1 is 1.33 bits per heavy atom. The Bertz CT molecular complexity index is 434. The van der Waals surface area contributed by atoms with Gasteiger partial charge in [0.1, 0.15) is 0 Å². The summed E-state index contributed by atoms with van der Waals surface area (Å²) in [6.45, 7) is 7.67. The molecule has 0 aromatic heterocycles. The van der Waals surface area contributed by atoms with Gasteiger partial charge in [-0.1, -0.05) is 20.8 Å². The number of carbonyl (C=O) groups is 1. The number of likely N-dealkylation sites (tertiary alicyclic amines) is 1. The Morgan fingerprint density at radius 3 is 2.52 bits per heavy atom. The highest BCUT2D eigenvalue weighted by Crippen LogP contribution is 2.20. The molecule has 1 fully saturated rings. The fourth-order valence-corrected chi connectivity index (χ4v) is 3.91. The van der Waals surface area contributed by atoms with Gasteiger partial charge in [-0.05, 0) is 31.6 Å². The van der Waals surface area contributed by atoms with E-state index in [-0.39, 0.29) is 18.2 Å². The summed E-state index contributed by atoms with van der Waals surface area (Å²) in [5.74, 6) is 0.354. The van der Waals surface area contributed by atoms with Gasteiger partial charge in [0, 0.05) is 32.1 Å². The molecule has 1 heterocycles. The lowest BCUT2D eigenvalue weighted by Gasteiger charge is -2.35. The summed E-state index contributed by atoms with van der Waals surface area (Å²) in [6, 6.07) is 0.336. The van der Waals surface area contributed by atoms with Gasteiger partial charge in [0.2, 0.25) is 15.9 Å². The van der Waals surface area contributed by atoms with Gasteiger partial charge in [-0.25, -0.2) is 12.7 Å². The fraction of sp³-hybridized carbons (Fsp3) is 0.933. The highest BCUT2D eigenvalue weighted by atomic mass is 32.2. The van der Waals surface area contributed by atoms with Gasteiger partial charge in [-0.15, -0.1) is 0 Å². The van der Waals surface area contributed by atoms with E-state index < -0.39 is 10.0 Å². The fourth-order valence-electron chi connectivity index (χ4n) is 2.92. The zero-order chi connectivity index (χ0) is 16.0. The average Bonchev–Trinajstić information content (AvgIpc) is 2.41. The van der Waals surface area contributed by atoms with Crippen LogP contribution in [0.2, 0.25) is 0 Å². The molecule has 1 unspecified atom stereocenters. The lowest BCUT2D eigenvalue weighted by Crippen LogP contribution is -2.45. The molecule has 1 rings (SSSR count). The molecular weight excluding hydrogens is 288 g/mol. The first kappa shape index (κ1) is 18.4. The third-order valence-electron chi connectivity index (χ3n) is 4.03. The number of piperidine rings is 1. The molecule has 0 bridgehead atoms. The molecular formula is C15H30N2O3S. The first-order valence-corrected chi connectivity index (χ1v) is 9.85. The molecule has 0 radical (unpaired) electrons. The van der Waals surface area contributed by atoms with Crippen LogP contribution in [-0.4, -0.2) is 55.5 Å². The maximum Gasteiger partial charge on any atom is 0.224 e. The van der Waals surface area contributed by atoms with Gasteiger partial charge >= 0.3 is 0 Å². The van der Waals surface area contributed by atoms with Crippen molar-refractivity contribution in [1.82, 2.24) is 9.21 Å². The molecule has 5 nitrogen and oxygen atoms in total. The molecule has 1 aliphatic heterocycles. The number of rotatable bonds is 7. The molecule has 1 saturated heterocycles. The minimum Gasteiger partial charge on any atom is -0.340 e. The minimum absolute atomic E-state index is 0.0963. The molecule has 6 heteroatoms. The highest BCUT2D eigenvalue weighted by molar-refractivity contribution is 7.88. The Kier molecular flexibility index (Phi) is 7.13. The maximum atomic E-state index is 12.4. The maximum absolute atomic E-state index is 12.4. The third-order valence-corrected chi connectivity index (χ3v) is 5.30. The molecule has 0 N–H and O–H groups in total. The van der Waals surface area contributed by atoms with Gasteiger partial charge in [-0.2, -0.15) is 0 Å². The van der Waals surface area contributed by atoms with Crippen molar-refractivity contribution < 1.29 is 13.2 Å². The monoisotopic (exact) mass is 318 g/mol. The zero-order valence-corrected chi connectivity index (χ0v) is 14.7. The first-order valence-electron chi connectivity index (χ1n) is 8.00. The summed E-state index contributed by atoms with van der Waals surface area (Å²) in [4.78, 5) is 14.3. The first-order chi connectivity index (χ1) is 9.75. The van der Waals surface area contributed by atoms with E-state index in [2.05, 4.69) is 6.92 Å². The van der Waals surface area contributed by atoms with E-state index in [0.717, 1.165) is 25.8 Å². The minimum atomic E-state index is -3.24. The number of hydrogen-bond acceptors (Lipinski definition) is 3.